The Kier molecular flexibility index (Phi) is 2.86. The third-order valence-corrected chi connectivity index (χ3v) is 3.03. The van der Waals surface area contributed by atoms with Crippen LogP contribution in [0.2, 0.25) is 0 Å². The standard InChI is InChI=1S/C10H8BrF4N/c11-5-3-7(12)6-1-2-9(10(13,14)15)16-8(6)4-5/h3-4,9,16H,1-2H2. The molecule has 1 aliphatic rings. The van der Waals surface area contributed by atoms with Gasteiger partial charge in [0.1, 0.15) is 11.9 Å². The summed E-state index contributed by atoms with van der Waals surface area (Å²) in [7, 11) is 0. The highest BCUT2D eigenvalue weighted by Gasteiger charge is 2.41. The number of fused-ring (bicyclic) bond motifs is 1. The maximum absolute atomic E-state index is 13.4. The lowest BCUT2D eigenvalue weighted by molar-refractivity contribution is -0.144. The molecule has 1 atom stereocenters. The molecule has 1 heterocycles. The van der Waals surface area contributed by atoms with E-state index in [4.69, 9.17) is 0 Å². The summed E-state index contributed by atoms with van der Waals surface area (Å²) in [5.41, 5.74) is 0.546. The molecule has 0 fully saturated rings. The second-order valence-corrected chi connectivity index (χ2v) is 4.61. The van der Waals surface area contributed by atoms with Gasteiger partial charge in [-0.1, -0.05) is 15.9 Å². The van der Waals surface area contributed by atoms with Gasteiger partial charge in [0, 0.05) is 15.7 Å². The molecule has 88 valence electrons. The van der Waals surface area contributed by atoms with Gasteiger partial charge >= 0.3 is 6.18 Å². The zero-order chi connectivity index (χ0) is 11.9. The summed E-state index contributed by atoms with van der Waals surface area (Å²) in [4.78, 5) is 0. The maximum Gasteiger partial charge on any atom is 0.408 e. The SMILES string of the molecule is Fc1cc(Br)cc2c1CCC(C(F)(F)F)N2. The van der Waals surface area contributed by atoms with Crippen molar-refractivity contribution >= 4 is 21.6 Å². The highest BCUT2D eigenvalue weighted by Crippen LogP contribution is 2.35. The van der Waals surface area contributed by atoms with Crippen LogP contribution >= 0.6 is 15.9 Å². The van der Waals surface area contributed by atoms with Crippen molar-refractivity contribution in [2.75, 3.05) is 5.32 Å². The Balaban J connectivity index is 2.34. The first kappa shape index (κ1) is 11.7. The number of rotatable bonds is 0. The zero-order valence-corrected chi connectivity index (χ0v) is 9.62. The lowest BCUT2D eigenvalue weighted by atomic mass is 9.97. The zero-order valence-electron chi connectivity index (χ0n) is 8.04. The molecule has 16 heavy (non-hydrogen) atoms. The Morgan fingerprint density at radius 2 is 2.00 bits per heavy atom. The number of halogens is 5. The fourth-order valence-corrected chi connectivity index (χ4v) is 2.21. The lowest BCUT2D eigenvalue weighted by Gasteiger charge is -2.29. The molecule has 0 radical (unpaired) electrons. The fourth-order valence-electron chi connectivity index (χ4n) is 1.78. The molecular weight excluding hydrogens is 290 g/mol. The molecule has 6 heteroatoms. The predicted octanol–water partition coefficient (Wildman–Crippen LogP) is 3.88. The maximum atomic E-state index is 13.4. The van der Waals surface area contributed by atoms with E-state index in [1.165, 1.54) is 12.1 Å². The van der Waals surface area contributed by atoms with Gasteiger partial charge < -0.3 is 5.32 Å². The van der Waals surface area contributed by atoms with E-state index in [1.807, 2.05) is 0 Å². The van der Waals surface area contributed by atoms with Crippen LogP contribution in [0.3, 0.4) is 0 Å². The van der Waals surface area contributed by atoms with E-state index in [0.29, 0.717) is 10.0 Å². The van der Waals surface area contributed by atoms with E-state index in [1.54, 1.807) is 0 Å². The quantitative estimate of drug-likeness (QED) is 0.717. The second-order valence-electron chi connectivity index (χ2n) is 3.69. The van der Waals surface area contributed by atoms with Gasteiger partial charge in [-0.2, -0.15) is 13.2 Å². The summed E-state index contributed by atoms with van der Waals surface area (Å²) in [6.07, 6.45) is -4.32. The first-order valence-corrected chi connectivity index (χ1v) is 5.48. The number of hydrogen-bond donors (Lipinski definition) is 1. The van der Waals surface area contributed by atoms with Gasteiger partial charge in [-0.15, -0.1) is 0 Å². The van der Waals surface area contributed by atoms with E-state index in [2.05, 4.69) is 21.2 Å². The van der Waals surface area contributed by atoms with Crippen LogP contribution in [0, 0.1) is 5.82 Å². The molecule has 1 nitrogen and oxygen atoms in total. The molecule has 1 N–H and O–H groups in total. The number of nitrogens with one attached hydrogen (secondary N) is 1. The van der Waals surface area contributed by atoms with Gasteiger partial charge in [0.05, 0.1) is 0 Å². The van der Waals surface area contributed by atoms with Gasteiger partial charge in [-0.05, 0) is 25.0 Å². The minimum absolute atomic E-state index is 0.103. The minimum Gasteiger partial charge on any atom is -0.374 e. The van der Waals surface area contributed by atoms with Gasteiger partial charge in [0.2, 0.25) is 0 Å². The molecule has 0 spiro atoms. The summed E-state index contributed by atoms with van der Waals surface area (Å²) in [6.45, 7) is 0. The summed E-state index contributed by atoms with van der Waals surface area (Å²) in [5, 5.41) is 2.32. The normalized spacial score (nSPS) is 20.2. The molecule has 0 amide bonds. The molecule has 1 unspecified atom stereocenters. The Labute approximate surface area is 98.0 Å². The molecule has 0 saturated heterocycles. The average molecular weight is 298 g/mol. The predicted molar refractivity (Wildman–Crippen MR) is 55.9 cm³/mol. The molecule has 0 aromatic heterocycles. The van der Waals surface area contributed by atoms with Crippen LogP contribution < -0.4 is 5.32 Å². The van der Waals surface area contributed by atoms with Crippen LogP contribution in [0.5, 0.6) is 0 Å². The summed E-state index contributed by atoms with van der Waals surface area (Å²) in [6, 6.07) is 1.14. The van der Waals surface area contributed by atoms with Gasteiger partial charge in [-0.3, -0.25) is 0 Å². The second kappa shape index (κ2) is 3.91. The minimum atomic E-state index is -4.30. The number of benzene rings is 1. The average Bonchev–Trinajstić information content (AvgIpc) is 2.15. The summed E-state index contributed by atoms with van der Waals surface area (Å²) >= 11 is 3.05. The van der Waals surface area contributed by atoms with Crippen LogP contribution in [0.25, 0.3) is 0 Å². The highest BCUT2D eigenvalue weighted by molar-refractivity contribution is 9.10. The van der Waals surface area contributed by atoms with Crippen LogP contribution in [-0.4, -0.2) is 12.2 Å². The molecule has 2 rings (SSSR count). The van der Waals surface area contributed by atoms with Crippen molar-refractivity contribution in [2.24, 2.45) is 0 Å². The highest BCUT2D eigenvalue weighted by atomic mass is 79.9. The third-order valence-electron chi connectivity index (χ3n) is 2.57. The molecule has 1 aromatic rings. The first-order chi connectivity index (χ1) is 7.38. The number of alkyl halides is 3. The Morgan fingerprint density at radius 3 is 2.62 bits per heavy atom. The van der Waals surface area contributed by atoms with Gasteiger partial charge in [0.15, 0.2) is 0 Å². The Bertz CT molecular complexity index is 416. The van der Waals surface area contributed by atoms with Crippen LogP contribution in [-0.2, 0) is 6.42 Å². The smallest absolute Gasteiger partial charge is 0.374 e. The molecule has 0 bridgehead atoms. The topological polar surface area (TPSA) is 12.0 Å². The number of anilines is 1. The van der Waals surface area contributed by atoms with E-state index in [-0.39, 0.29) is 18.5 Å². The first-order valence-electron chi connectivity index (χ1n) is 4.69. The molecule has 1 aromatic carbocycles. The Morgan fingerprint density at radius 1 is 1.31 bits per heavy atom. The number of hydrogen-bond acceptors (Lipinski definition) is 1. The lowest BCUT2D eigenvalue weighted by Crippen LogP contribution is -2.39. The van der Waals surface area contributed by atoms with E-state index < -0.39 is 18.0 Å². The van der Waals surface area contributed by atoms with Crippen LogP contribution in [0.15, 0.2) is 16.6 Å². The van der Waals surface area contributed by atoms with Crippen LogP contribution in [0.4, 0.5) is 23.2 Å². The van der Waals surface area contributed by atoms with Crippen molar-refractivity contribution in [3.05, 3.63) is 28.0 Å². The molecule has 0 aliphatic carbocycles. The third kappa shape index (κ3) is 2.16. The van der Waals surface area contributed by atoms with Crippen molar-refractivity contribution < 1.29 is 17.6 Å². The Hall–Kier alpha value is -0.780. The molecule has 0 saturated carbocycles. The fraction of sp³-hybridized carbons (Fsp3) is 0.400. The van der Waals surface area contributed by atoms with E-state index in [9.17, 15) is 17.6 Å². The summed E-state index contributed by atoms with van der Waals surface area (Å²) < 4.78 is 51.2. The van der Waals surface area contributed by atoms with E-state index in [0.717, 1.165) is 0 Å². The summed E-state index contributed by atoms with van der Waals surface area (Å²) in [5.74, 6) is -0.475. The van der Waals surface area contributed by atoms with Crippen molar-refractivity contribution in [3.63, 3.8) is 0 Å². The van der Waals surface area contributed by atoms with Crippen molar-refractivity contribution in [2.45, 2.75) is 25.1 Å². The van der Waals surface area contributed by atoms with Gasteiger partial charge in [0.25, 0.3) is 0 Å². The van der Waals surface area contributed by atoms with Gasteiger partial charge in [-0.25, -0.2) is 4.39 Å². The largest absolute Gasteiger partial charge is 0.408 e. The molecular formula is C10H8BrF4N. The van der Waals surface area contributed by atoms with Crippen molar-refractivity contribution in [1.29, 1.82) is 0 Å². The van der Waals surface area contributed by atoms with E-state index >= 15 is 0 Å². The monoisotopic (exact) mass is 297 g/mol. The van der Waals surface area contributed by atoms with Crippen LogP contribution in [0.1, 0.15) is 12.0 Å². The van der Waals surface area contributed by atoms with Crippen molar-refractivity contribution in [3.8, 4) is 0 Å². The van der Waals surface area contributed by atoms with Crippen molar-refractivity contribution in [1.82, 2.24) is 0 Å². The molecule has 1 aliphatic heterocycles.